The normalized spacial score (nSPS) is 23.1. The molecule has 1 aromatic rings. The van der Waals surface area contributed by atoms with Gasteiger partial charge in [0.25, 0.3) is 0 Å². The molecule has 2 rings (SSSR count). The van der Waals surface area contributed by atoms with Crippen molar-refractivity contribution in [1.82, 2.24) is 14.7 Å². The second-order valence-electron chi connectivity index (χ2n) is 4.00. The Morgan fingerprint density at radius 3 is 2.89 bits per heavy atom. The lowest BCUT2D eigenvalue weighted by molar-refractivity contribution is -0.141. The number of aromatic nitrogens is 2. The van der Waals surface area contributed by atoms with Crippen molar-refractivity contribution in [3.63, 3.8) is 0 Å². The summed E-state index contributed by atoms with van der Waals surface area (Å²) in [5.41, 5.74) is 0. The van der Waals surface area contributed by atoms with E-state index in [0.717, 1.165) is 0 Å². The maximum Gasteiger partial charge on any atom is 0.327 e. The Balaban J connectivity index is 2.09. The Kier molecular flexibility index (Phi) is 3.46. The number of nitrogens with one attached hydrogen (secondary N) is 1. The molecular weight excluding hydrogens is 256 g/mol. The van der Waals surface area contributed by atoms with Gasteiger partial charge in [0.05, 0.1) is 5.37 Å². The summed E-state index contributed by atoms with van der Waals surface area (Å²) >= 11 is 1.44. The van der Waals surface area contributed by atoms with Gasteiger partial charge in [-0.1, -0.05) is 0 Å². The summed E-state index contributed by atoms with van der Waals surface area (Å²) in [6.45, 7) is 1.81. The van der Waals surface area contributed by atoms with Crippen LogP contribution < -0.4 is 5.32 Å². The number of carbonyl (C=O) groups is 2. The lowest BCUT2D eigenvalue weighted by Crippen LogP contribution is -2.46. The van der Waals surface area contributed by atoms with Crippen LogP contribution in [0.1, 0.15) is 6.92 Å². The van der Waals surface area contributed by atoms with Gasteiger partial charge in [-0.25, -0.2) is 9.59 Å². The fourth-order valence-corrected chi connectivity index (χ4v) is 2.96. The number of carboxylic acid groups (broad SMARTS) is 1. The Morgan fingerprint density at radius 1 is 1.61 bits per heavy atom. The van der Waals surface area contributed by atoms with Gasteiger partial charge >= 0.3 is 12.0 Å². The van der Waals surface area contributed by atoms with Crippen molar-refractivity contribution in [2.24, 2.45) is 7.05 Å². The van der Waals surface area contributed by atoms with Crippen molar-refractivity contribution in [3.05, 3.63) is 12.3 Å². The lowest BCUT2D eigenvalue weighted by atomic mass is 10.3. The van der Waals surface area contributed by atoms with Crippen LogP contribution in [-0.2, 0) is 11.8 Å². The van der Waals surface area contributed by atoms with E-state index in [1.807, 2.05) is 6.92 Å². The molecule has 1 saturated heterocycles. The number of urea groups is 1. The summed E-state index contributed by atoms with van der Waals surface area (Å²) in [6, 6.07) is 0.439. The number of nitrogens with zero attached hydrogens (tertiary/aromatic N) is 3. The van der Waals surface area contributed by atoms with Gasteiger partial charge in [-0.2, -0.15) is 5.10 Å². The van der Waals surface area contributed by atoms with Crippen molar-refractivity contribution in [2.45, 2.75) is 18.3 Å². The molecule has 8 heteroatoms. The molecule has 1 fully saturated rings. The standard InChI is InChI=1S/C10H14N4O3S/c1-6-14(7(5-18-6)9(15)16)10(17)11-8-3-4-13(2)12-8/h3-4,6-7H,5H2,1-2H3,(H,15,16)(H,11,12,17). The van der Waals surface area contributed by atoms with Crippen LogP contribution in [-0.4, -0.2) is 49.0 Å². The Morgan fingerprint density at radius 2 is 2.33 bits per heavy atom. The van der Waals surface area contributed by atoms with Gasteiger partial charge in [-0.15, -0.1) is 11.8 Å². The number of carbonyl (C=O) groups excluding carboxylic acids is 1. The third kappa shape index (κ3) is 2.42. The number of anilines is 1. The molecule has 0 bridgehead atoms. The first-order chi connectivity index (χ1) is 8.49. The minimum atomic E-state index is -0.983. The monoisotopic (exact) mass is 270 g/mol. The highest BCUT2D eigenvalue weighted by molar-refractivity contribution is 8.00. The third-order valence-electron chi connectivity index (χ3n) is 2.69. The third-order valence-corrected chi connectivity index (χ3v) is 3.91. The molecule has 7 nitrogen and oxygen atoms in total. The quantitative estimate of drug-likeness (QED) is 0.830. The van der Waals surface area contributed by atoms with Crippen LogP contribution in [0.15, 0.2) is 12.3 Å². The molecule has 2 atom stereocenters. The van der Waals surface area contributed by atoms with E-state index >= 15 is 0 Å². The van der Waals surface area contributed by atoms with Crippen molar-refractivity contribution in [2.75, 3.05) is 11.1 Å². The zero-order chi connectivity index (χ0) is 13.3. The predicted molar refractivity (Wildman–Crippen MR) is 67.4 cm³/mol. The number of aliphatic carboxylic acids is 1. The number of rotatable bonds is 2. The van der Waals surface area contributed by atoms with Crippen molar-refractivity contribution in [1.29, 1.82) is 0 Å². The summed E-state index contributed by atoms with van der Waals surface area (Å²) in [4.78, 5) is 24.4. The van der Waals surface area contributed by atoms with E-state index in [-0.39, 0.29) is 5.37 Å². The highest BCUT2D eigenvalue weighted by atomic mass is 32.2. The summed E-state index contributed by atoms with van der Waals surface area (Å²) in [7, 11) is 1.74. The lowest BCUT2D eigenvalue weighted by Gasteiger charge is -2.24. The van der Waals surface area contributed by atoms with E-state index in [2.05, 4.69) is 10.4 Å². The van der Waals surface area contributed by atoms with Crippen LogP contribution in [0.4, 0.5) is 10.6 Å². The SMILES string of the molecule is CC1SCC(C(=O)O)N1C(=O)Nc1ccn(C)n1. The molecule has 1 aliphatic rings. The van der Waals surface area contributed by atoms with E-state index in [1.54, 1.807) is 24.0 Å². The van der Waals surface area contributed by atoms with Crippen LogP contribution in [0, 0.1) is 0 Å². The average Bonchev–Trinajstić information content (AvgIpc) is 2.85. The molecule has 0 aromatic carbocycles. The first kappa shape index (κ1) is 12.7. The minimum absolute atomic E-state index is 0.158. The van der Waals surface area contributed by atoms with Crippen LogP contribution in [0.2, 0.25) is 0 Å². The molecule has 0 radical (unpaired) electrons. The van der Waals surface area contributed by atoms with E-state index in [4.69, 9.17) is 5.11 Å². The maximum atomic E-state index is 12.0. The molecule has 18 heavy (non-hydrogen) atoms. The van der Waals surface area contributed by atoms with Gasteiger partial charge in [0.15, 0.2) is 5.82 Å². The van der Waals surface area contributed by atoms with Crippen molar-refractivity contribution in [3.8, 4) is 0 Å². The zero-order valence-electron chi connectivity index (χ0n) is 10.0. The van der Waals surface area contributed by atoms with Crippen LogP contribution in [0.5, 0.6) is 0 Å². The Hall–Kier alpha value is -1.70. The molecular formula is C10H14N4O3S. The zero-order valence-corrected chi connectivity index (χ0v) is 10.8. The van der Waals surface area contributed by atoms with Gasteiger partial charge in [0.1, 0.15) is 6.04 Å². The summed E-state index contributed by atoms with van der Waals surface area (Å²) in [6.07, 6.45) is 1.70. The molecule has 0 aliphatic carbocycles. The Bertz CT molecular complexity index is 475. The molecule has 0 spiro atoms. The first-order valence-corrected chi connectivity index (χ1v) is 6.47. The molecule has 1 aromatic heterocycles. The molecule has 2 amide bonds. The number of hydrogen-bond acceptors (Lipinski definition) is 4. The molecule has 98 valence electrons. The van der Waals surface area contributed by atoms with Gasteiger partial charge < -0.3 is 5.11 Å². The second kappa shape index (κ2) is 4.89. The fourth-order valence-electron chi connectivity index (χ4n) is 1.80. The van der Waals surface area contributed by atoms with Gasteiger partial charge in [-0.3, -0.25) is 14.9 Å². The van der Waals surface area contributed by atoms with Crippen LogP contribution >= 0.6 is 11.8 Å². The summed E-state index contributed by atoms with van der Waals surface area (Å²) in [5.74, 6) is -0.162. The average molecular weight is 270 g/mol. The van der Waals surface area contributed by atoms with Crippen molar-refractivity contribution >= 4 is 29.6 Å². The van der Waals surface area contributed by atoms with E-state index in [0.29, 0.717) is 11.6 Å². The van der Waals surface area contributed by atoms with Crippen LogP contribution in [0.25, 0.3) is 0 Å². The molecule has 2 unspecified atom stereocenters. The number of aryl methyl sites for hydroxylation is 1. The Labute approximate surface area is 108 Å². The molecule has 2 N–H and O–H groups in total. The predicted octanol–water partition coefficient (Wildman–Crippen LogP) is 0.800. The number of amides is 2. The topological polar surface area (TPSA) is 87.5 Å². The maximum absolute atomic E-state index is 12.0. The second-order valence-corrected chi connectivity index (χ2v) is 5.35. The highest BCUT2D eigenvalue weighted by Gasteiger charge is 2.39. The van der Waals surface area contributed by atoms with Crippen molar-refractivity contribution < 1.29 is 14.7 Å². The smallest absolute Gasteiger partial charge is 0.327 e. The van der Waals surface area contributed by atoms with E-state index in [1.165, 1.54) is 16.7 Å². The molecule has 1 aliphatic heterocycles. The minimum Gasteiger partial charge on any atom is -0.480 e. The largest absolute Gasteiger partial charge is 0.480 e. The number of thioether (sulfide) groups is 1. The van der Waals surface area contributed by atoms with Gasteiger partial charge in [0, 0.05) is 25.1 Å². The number of carboxylic acids is 1. The fraction of sp³-hybridized carbons (Fsp3) is 0.500. The molecule has 2 heterocycles. The van der Waals surface area contributed by atoms with E-state index < -0.39 is 18.0 Å². The highest BCUT2D eigenvalue weighted by Crippen LogP contribution is 2.29. The van der Waals surface area contributed by atoms with Gasteiger partial charge in [0.2, 0.25) is 0 Å². The first-order valence-electron chi connectivity index (χ1n) is 5.42. The summed E-state index contributed by atoms with van der Waals surface area (Å²) < 4.78 is 1.56. The molecule has 0 saturated carbocycles. The van der Waals surface area contributed by atoms with Gasteiger partial charge in [-0.05, 0) is 6.92 Å². The number of hydrogen-bond donors (Lipinski definition) is 2. The van der Waals surface area contributed by atoms with E-state index in [9.17, 15) is 9.59 Å². The van der Waals surface area contributed by atoms with Crippen LogP contribution in [0.3, 0.4) is 0 Å². The summed E-state index contributed by atoms with van der Waals surface area (Å²) in [5, 5.41) is 15.5.